The van der Waals surface area contributed by atoms with Crippen LogP contribution in [0.1, 0.15) is 54.4 Å². The Hall–Kier alpha value is -3.02. The molecule has 174 valence electrons. The van der Waals surface area contributed by atoms with E-state index in [0.29, 0.717) is 42.4 Å². The first kappa shape index (κ1) is 21.8. The van der Waals surface area contributed by atoms with Crippen LogP contribution in [0.4, 0.5) is 0 Å². The van der Waals surface area contributed by atoms with Crippen molar-refractivity contribution < 1.29 is 28.9 Å². The molecule has 5 rings (SSSR count). The third kappa shape index (κ3) is 3.38. The number of carboxylic acids is 1. The summed E-state index contributed by atoms with van der Waals surface area (Å²) in [5.41, 5.74) is 2.59. The van der Waals surface area contributed by atoms with Gasteiger partial charge in [0, 0.05) is 17.5 Å². The highest BCUT2D eigenvalue weighted by Gasteiger charge is 2.57. The Labute approximate surface area is 193 Å². The number of ether oxygens (including phenoxy) is 3. The number of ketones is 1. The molecular formula is C27H30O6. The number of Topliss-reactive ketones (excluding diaryl/α,β-unsaturated/α-hetero) is 1. The molecule has 6 nitrogen and oxygen atoms in total. The molecule has 3 aliphatic carbocycles. The van der Waals surface area contributed by atoms with Gasteiger partial charge in [0.2, 0.25) is 5.75 Å². The van der Waals surface area contributed by atoms with Crippen LogP contribution in [-0.2, 0) is 11.2 Å². The second kappa shape index (κ2) is 8.40. The third-order valence-corrected chi connectivity index (χ3v) is 8.10. The first-order valence-corrected chi connectivity index (χ1v) is 11.8. The second-order valence-corrected chi connectivity index (χ2v) is 9.52. The average Bonchev–Trinajstić information content (AvgIpc) is 3.16. The Balaban J connectivity index is 1.56. The molecule has 2 aromatic rings. The topological polar surface area (TPSA) is 82.1 Å². The van der Waals surface area contributed by atoms with Gasteiger partial charge in [-0.3, -0.25) is 9.59 Å². The number of carboxylic acid groups (broad SMARTS) is 1. The maximum Gasteiger partial charge on any atom is 0.313 e. The summed E-state index contributed by atoms with van der Waals surface area (Å²) in [6.07, 6.45) is 6.15. The Bertz CT molecular complexity index is 1100. The molecule has 3 aliphatic rings. The number of rotatable bonds is 8. The molecule has 0 radical (unpaired) electrons. The van der Waals surface area contributed by atoms with Gasteiger partial charge in [-0.1, -0.05) is 37.5 Å². The molecule has 0 bridgehead atoms. The zero-order valence-corrected chi connectivity index (χ0v) is 19.2. The second-order valence-electron chi connectivity index (χ2n) is 9.52. The number of methoxy groups -OCH3 is 2. The molecule has 2 unspecified atom stereocenters. The lowest BCUT2D eigenvalue weighted by Crippen LogP contribution is -2.54. The van der Waals surface area contributed by atoms with Gasteiger partial charge < -0.3 is 19.3 Å². The van der Waals surface area contributed by atoms with Crippen molar-refractivity contribution in [1.29, 1.82) is 0 Å². The van der Waals surface area contributed by atoms with Gasteiger partial charge in [-0.2, -0.15) is 0 Å². The minimum Gasteiger partial charge on any atom is -0.493 e. The number of carbonyl (C=O) groups excluding carboxylic acids is 1. The summed E-state index contributed by atoms with van der Waals surface area (Å²) in [7, 11) is 3.12. The lowest BCUT2D eigenvalue weighted by Gasteiger charge is -2.52. The number of benzene rings is 2. The molecule has 0 spiro atoms. The van der Waals surface area contributed by atoms with E-state index in [1.807, 2.05) is 30.3 Å². The predicted octanol–water partition coefficient (Wildman–Crippen LogP) is 5.16. The van der Waals surface area contributed by atoms with E-state index in [1.54, 1.807) is 14.2 Å². The highest BCUT2D eigenvalue weighted by Crippen LogP contribution is 2.56. The van der Waals surface area contributed by atoms with Crippen molar-refractivity contribution in [2.45, 2.75) is 44.9 Å². The van der Waals surface area contributed by atoms with Crippen LogP contribution in [0.15, 0.2) is 30.3 Å². The lowest BCUT2D eigenvalue weighted by atomic mass is 9.52. The molecular weight excluding hydrogens is 420 g/mol. The van der Waals surface area contributed by atoms with Crippen molar-refractivity contribution >= 4 is 11.8 Å². The van der Waals surface area contributed by atoms with E-state index in [9.17, 15) is 14.7 Å². The monoisotopic (exact) mass is 450 g/mol. The molecule has 0 aliphatic heterocycles. The van der Waals surface area contributed by atoms with Gasteiger partial charge in [-0.15, -0.1) is 0 Å². The highest BCUT2D eigenvalue weighted by molar-refractivity contribution is 6.02. The molecule has 0 aromatic heterocycles. The van der Waals surface area contributed by atoms with Crippen LogP contribution >= 0.6 is 0 Å². The number of hydrogen-bond acceptors (Lipinski definition) is 5. The van der Waals surface area contributed by atoms with Crippen molar-refractivity contribution in [2.24, 2.45) is 17.3 Å². The van der Waals surface area contributed by atoms with Crippen LogP contribution in [-0.4, -0.2) is 37.7 Å². The average molecular weight is 451 g/mol. The van der Waals surface area contributed by atoms with E-state index in [-0.39, 0.29) is 18.3 Å². The molecule has 0 amide bonds. The van der Waals surface area contributed by atoms with Crippen LogP contribution in [0.3, 0.4) is 0 Å². The normalized spacial score (nSPS) is 23.9. The van der Waals surface area contributed by atoms with Crippen molar-refractivity contribution in [2.75, 3.05) is 20.8 Å². The fourth-order valence-corrected chi connectivity index (χ4v) is 5.89. The van der Waals surface area contributed by atoms with Gasteiger partial charge in [0.25, 0.3) is 0 Å². The van der Waals surface area contributed by atoms with Gasteiger partial charge in [-0.25, -0.2) is 0 Å². The predicted molar refractivity (Wildman–Crippen MR) is 123 cm³/mol. The zero-order chi connectivity index (χ0) is 23.2. The first-order chi connectivity index (χ1) is 16.0. The first-order valence-electron chi connectivity index (χ1n) is 11.8. The van der Waals surface area contributed by atoms with E-state index >= 15 is 0 Å². The minimum atomic E-state index is -0.870. The van der Waals surface area contributed by atoms with E-state index < -0.39 is 11.4 Å². The summed E-state index contributed by atoms with van der Waals surface area (Å²) in [5.74, 6) is 1.45. The zero-order valence-electron chi connectivity index (χ0n) is 19.2. The van der Waals surface area contributed by atoms with Crippen LogP contribution in [0, 0.1) is 17.3 Å². The van der Waals surface area contributed by atoms with Gasteiger partial charge >= 0.3 is 5.97 Å². The molecule has 2 fully saturated rings. The molecule has 0 saturated heterocycles. The summed E-state index contributed by atoms with van der Waals surface area (Å²) in [4.78, 5) is 24.8. The summed E-state index contributed by atoms with van der Waals surface area (Å²) < 4.78 is 17.6. The summed E-state index contributed by atoms with van der Waals surface area (Å²) in [5, 5.41) is 10.2. The molecule has 2 saturated carbocycles. The van der Waals surface area contributed by atoms with Crippen molar-refractivity contribution in [3.63, 3.8) is 0 Å². The number of fused-ring (bicyclic) bond motifs is 1. The standard InChI is InChI=1S/C27H30O6/c1-31-23-12-10-20(17-7-4-8-19-18(17)9-11-22(19)28)24(25(23)32-2)33-15-27(26(29)30)14-13-21(27)16-5-3-6-16/h4,7-8,10,12,16,21H,3,5-6,9,11,13-15H2,1-2H3,(H,29,30). The van der Waals surface area contributed by atoms with E-state index in [0.717, 1.165) is 41.5 Å². The van der Waals surface area contributed by atoms with Gasteiger partial charge in [0.15, 0.2) is 17.3 Å². The third-order valence-electron chi connectivity index (χ3n) is 8.10. The molecule has 2 atom stereocenters. The molecule has 33 heavy (non-hydrogen) atoms. The number of carbonyl (C=O) groups is 2. The van der Waals surface area contributed by atoms with Gasteiger partial charge in [0.1, 0.15) is 12.0 Å². The molecule has 0 heterocycles. The fourth-order valence-electron chi connectivity index (χ4n) is 5.89. The van der Waals surface area contributed by atoms with Crippen LogP contribution in [0.25, 0.3) is 11.1 Å². The fraction of sp³-hybridized carbons (Fsp3) is 0.481. The highest BCUT2D eigenvalue weighted by atomic mass is 16.5. The maximum atomic E-state index is 12.4. The molecule has 2 aromatic carbocycles. The van der Waals surface area contributed by atoms with Crippen LogP contribution < -0.4 is 14.2 Å². The molecule has 1 N–H and O–H groups in total. The summed E-state index contributed by atoms with van der Waals surface area (Å²) in [6, 6.07) is 9.47. The Morgan fingerprint density at radius 1 is 1.00 bits per heavy atom. The number of hydrogen-bond donors (Lipinski definition) is 1. The number of aliphatic carboxylic acids is 1. The maximum absolute atomic E-state index is 12.4. The Morgan fingerprint density at radius 3 is 2.39 bits per heavy atom. The van der Waals surface area contributed by atoms with Gasteiger partial charge in [0.05, 0.1) is 14.2 Å². The Morgan fingerprint density at radius 2 is 1.79 bits per heavy atom. The lowest BCUT2D eigenvalue weighted by molar-refractivity contribution is -0.171. The molecule has 6 heteroatoms. The van der Waals surface area contributed by atoms with E-state index in [4.69, 9.17) is 14.2 Å². The van der Waals surface area contributed by atoms with E-state index in [1.165, 1.54) is 6.42 Å². The summed E-state index contributed by atoms with van der Waals surface area (Å²) in [6.45, 7) is 0.0913. The van der Waals surface area contributed by atoms with Gasteiger partial charge in [-0.05, 0) is 54.4 Å². The Kier molecular flexibility index (Phi) is 5.55. The SMILES string of the molecule is COc1ccc(-c2cccc3c2CCC3=O)c(OCC2(C(=O)O)CCC2C2CCC2)c1OC. The quantitative estimate of drug-likeness (QED) is 0.598. The largest absolute Gasteiger partial charge is 0.493 e. The minimum absolute atomic E-state index is 0.0913. The van der Waals surface area contributed by atoms with Crippen molar-refractivity contribution in [3.8, 4) is 28.4 Å². The summed E-state index contributed by atoms with van der Waals surface area (Å²) >= 11 is 0. The van der Waals surface area contributed by atoms with Crippen molar-refractivity contribution in [3.05, 3.63) is 41.5 Å². The van der Waals surface area contributed by atoms with Crippen LogP contribution in [0.2, 0.25) is 0 Å². The van der Waals surface area contributed by atoms with Crippen LogP contribution in [0.5, 0.6) is 17.2 Å². The smallest absolute Gasteiger partial charge is 0.313 e. The van der Waals surface area contributed by atoms with Crippen molar-refractivity contribution in [1.82, 2.24) is 0 Å². The van der Waals surface area contributed by atoms with E-state index in [2.05, 4.69) is 0 Å².